The smallest absolute Gasteiger partial charge is 0.310 e. The van der Waals surface area contributed by atoms with Crippen molar-refractivity contribution in [1.29, 1.82) is 0 Å². The number of pyridine rings is 2. The van der Waals surface area contributed by atoms with Gasteiger partial charge in [0.2, 0.25) is 0 Å². The van der Waals surface area contributed by atoms with E-state index in [9.17, 15) is 4.79 Å². The van der Waals surface area contributed by atoms with Gasteiger partial charge in [0, 0.05) is 33.3 Å². The molecule has 0 fully saturated rings. The summed E-state index contributed by atoms with van der Waals surface area (Å²) in [5.74, 6) is 0.242. The molecule has 0 unspecified atom stereocenters. The monoisotopic (exact) mass is 638 g/mol. The van der Waals surface area contributed by atoms with Gasteiger partial charge >= 0.3 is 5.97 Å². The van der Waals surface area contributed by atoms with Crippen molar-refractivity contribution in [1.82, 2.24) is 15.0 Å². The fourth-order valence-electron chi connectivity index (χ4n) is 4.89. The van der Waals surface area contributed by atoms with Gasteiger partial charge < -0.3 is 15.6 Å². The average Bonchev–Trinajstić information content (AvgIpc) is 3.41. The minimum Gasteiger partial charge on any atom is -0.466 e. The van der Waals surface area contributed by atoms with Crippen molar-refractivity contribution in [2.45, 2.75) is 46.6 Å². The Hall–Kier alpha value is -4.37. The Morgan fingerprint density at radius 3 is 2.36 bits per heavy atom. The first-order chi connectivity index (χ1) is 21.4. The van der Waals surface area contributed by atoms with Crippen molar-refractivity contribution in [3.8, 4) is 33.0 Å². The standard InChI is InChI=1S/C32H25ClN4O2S.C4H10O/c1-3-39-29(38)17-24-18(2)14-27-31(30(24)19-4-8-23(33)9-5-19)40-32(37-27)22-12-13-35-26(16-22)21-6-10-25-20(15-21)7-11-28(34)36-25;1-4(2,3)5/h4-16H,3,17H2,1-2H3,(H2,34,36);5H,1-3H3. The molecule has 3 heterocycles. The van der Waals surface area contributed by atoms with Crippen LogP contribution in [-0.4, -0.2) is 38.2 Å². The second kappa shape index (κ2) is 13.3. The number of aliphatic hydroxyl groups is 1. The van der Waals surface area contributed by atoms with Crippen molar-refractivity contribution >= 4 is 55.8 Å². The van der Waals surface area contributed by atoms with Gasteiger partial charge in [0.05, 0.1) is 40.1 Å². The van der Waals surface area contributed by atoms with E-state index in [2.05, 4.69) is 22.1 Å². The number of thiazole rings is 1. The van der Waals surface area contributed by atoms with Gasteiger partial charge in [-0.15, -0.1) is 11.3 Å². The van der Waals surface area contributed by atoms with Gasteiger partial charge in [-0.05, 0) is 106 Å². The number of halogens is 1. The molecule has 0 saturated carbocycles. The zero-order valence-corrected chi connectivity index (χ0v) is 27.5. The lowest BCUT2D eigenvalue weighted by atomic mass is 9.93. The van der Waals surface area contributed by atoms with Crippen LogP contribution in [0, 0.1) is 6.92 Å². The van der Waals surface area contributed by atoms with E-state index in [1.165, 1.54) is 0 Å². The first-order valence-electron chi connectivity index (χ1n) is 14.6. The Morgan fingerprint density at radius 1 is 0.933 bits per heavy atom. The molecule has 0 saturated heterocycles. The van der Waals surface area contributed by atoms with Gasteiger partial charge in [0.1, 0.15) is 10.8 Å². The van der Waals surface area contributed by atoms with E-state index in [4.69, 9.17) is 32.2 Å². The maximum atomic E-state index is 12.6. The molecule has 6 rings (SSSR count). The van der Waals surface area contributed by atoms with E-state index in [0.717, 1.165) is 65.2 Å². The molecule has 0 radical (unpaired) electrons. The molecule has 230 valence electrons. The number of fused-ring (bicyclic) bond motifs is 2. The summed E-state index contributed by atoms with van der Waals surface area (Å²) in [4.78, 5) is 26.6. The van der Waals surface area contributed by atoms with Gasteiger partial charge in [-0.25, -0.2) is 9.97 Å². The first kappa shape index (κ1) is 32.0. The normalized spacial score (nSPS) is 11.4. The lowest BCUT2D eigenvalue weighted by Crippen LogP contribution is -2.10. The Bertz CT molecular complexity index is 1990. The van der Waals surface area contributed by atoms with Crippen LogP contribution in [0.4, 0.5) is 5.82 Å². The number of benzene rings is 3. The van der Waals surface area contributed by atoms with Gasteiger partial charge in [0.25, 0.3) is 0 Å². The van der Waals surface area contributed by atoms with Crippen molar-refractivity contribution in [2.75, 3.05) is 12.3 Å². The maximum Gasteiger partial charge on any atom is 0.310 e. The quantitative estimate of drug-likeness (QED) is 0.176. The number of carbonyl (C=O) groups is 1. The number of carbonyl (C=O) groups excluding carboxylic acids is 1. The second-order valence-electron chi connectivity index (χ2n) is 11.6. The molecule has 0 bridgehead atoms. The fraction of sp³-hybridized carbons (Fsp3) is 0.222. The van der Waals surface area contributed by atoms with Crippen molar-refractivity contribution in [3.63, 3.8) is 0 Å². The molecule has 0 amide bonds. The van der Waals surface area contributed by atoms with Gasteiger partial charge in [0.15, 0.2) is 0 Å². The van der Waals surface area contributed by atoms with Crippen LogP contribution >= 0.6 is 22.9 Å². The molecule has 9 heteroatoms. The molecular weight excluding hydrogens is 604 g/mol. The van der Waals surface area contributed by atoms with Crippen molar-refractivity contribution in [2.24, 2.45) is 0 Å². The third-order valence-corrected chi connectivity index (χ3v) is 8.17. The number of hydrogen-bond donors (Lipinski definition) is 2. The second-order valence-corrected chi connectivity index (χ2v) is 13.1. The van der Waals surface area contributed by atoms with Crippen molar-refractivity contribution in [3.05, 3.63) is 95.1 Å². The highest BCUT2D eigenvalue weighted by Crippen LogP contribution is 2.41. The molecule has 0 spiro atoms. The predicted octanol–water partition coefficient (Wildman–Crippen LogP) is 8.67. The van der Waals surface area contributed by atoms with E-state index in [0.29, 0.717) is 17.4 Å². The van der Waals surface area contributed by atoms with Crippen LogP contribution in [-0.2, 0) is 16.0 Å². The number of hydrogen-bond acceptors (Lipinski definition) is 8. The van der Waals surface area contributed by atoms with Crippen LogP contribution in [0.2, 0.25) is 5.02 Å². The lowest BCUT2D eigenvalue weighted by Gasteiger charge is -2.14. The Morgan fingerprint density at radius 2 is 1.64 bits per heavy atom. The highest BCUT2D eigenvalue weighted by atomic mass is 35.5. The highest BCUT2D eigenvalue weighted by Gasteiger charge is 2.20. The summed E-state index contributed by atoms with van der Waals surface area (Å²) in [6.07, 6.45) is 1.99. The van der Waals surface area contributed by atoms with Crippen LogP contribution in [0.1, 0.15) is 38.8 Å². The third-order valence-electron chi connectivity index (χ3n) is 6.78. The Balaban J connectivity index is 0.000000743. The van der Waals surface area contributed by atoms with Crippen LogP contribution in [0.3, 0.4) is 0 Å². The van der Waals surface area contributed by atoms with Crippen molar-refractivity contribution < 1.29 is 14.6 Å². The van der Waals surface area contributed by atoms with Gasteiger partial charge in [-0.1, -0.05) is 29.8 Å². The SMILES string of the molecule is CC(C)(C)O.CCOC(=O)Cc1c(C)cc2nc(-c3ccnc(-c4ccc5nc(N)ccc5c4)c3)sc2c1-c1ccc(Cl)cc1. The first-order valence-corrected chi connectivity index (χ1v) is 15.8. The number of esters is 1. The third kappa shape index (κ3) is 7.84. The van der Waals surface area contributed by atoms with E-state index in [1.54, 1.807) is 44.4 Å². The van der Waals surface area contributed by atoms with Crippen LogP contribution in [0.15, 0.2) is 79.0 Å². The summed E-state index contributed by atoms with van der Waals surface area (Å²) in [6.45, 7) is 9.40. The number of anilines is 1. The summed E-state index contributed by atoms with van der Waals surface area (Å²) in [7, 11) is 0. The van der Waals surface area contributed by atoms with Crippen LogP contribution < -0.4 is 5.73 Å². The molecule has 3 aromatic carbocycles. The molecule has 7 nitrogen and oxygen atoms in total. The molecule has 0 aliphatic heterocycles. The average molecular weight is 639 g/mol. The van der Waals surface area contributed by atoms with E-state index in [-0.39, 0.29) is 12.4 Å². The number of aromatic nitrogens is 3. The summed E-state index contributed by atoms with van der Waals surface area (Å²) in [6, 6.07) is 23.6. The molecule has 0 aliphatic rings. The van der Waals surface area contributed by atoms with Gasteiger partial charge in [-0.2, -0.15) is 0 Å². The molecule has 0 aliphatic carbocycles. The fourth-order valence-corrected chi connectivity index (χ4v) is 6.15. The highest BCUT2D eigenvalue weighted by molar-refractivity contribution is 7.22. The lowest BCUT2D eigenvalue weighted by molar-refractivity contribution is -0.142. The number of nitrogen functional groups attached to an aromatic ring is 1. The predicted molar refractivity (Wildman–Crippen MR) is 185 cm³/mol. The summed E-state index contributed by atoms with van der Waals surface area (Å²) >= 11 is 7.80. The minimum atomic E-state index is -0.500. The largest absolute Gasteiger partial charge is 0.466 e. The molecule has 3 N–H and O–H groups in total. The molecule has 3 aromatic heterocycles. The maximum absolute atomic E-state index is 12.6. The topological polar surface area (TPSA) is 111 Å². The van der Waals surface area contributed by atoms with E-state index >= 15 is 0 Å². The van der Waals surface area contributed by atoms with Gasteiger partial charge in [-0.3, -0.25) is 9.78 Å². The molecule has 0 atom stereocenters. The minimum absolute atomic E-state index is 0.183. The Kier molecular flexibility index (Phi) is 9.48. The molecule has 6 aromatic rings. The molecule has 45 heavy (non-hydrogen) atoms. The number of nitrogens with two attached hydrogens (primary N) is 1. The van der Waals surface area contributed by atoms with Crippen LogP contribution in [0.5, 0.6) is 0 Å². The number of rotatable bonds is 6. The zero-order chi connectivity index (χ0) is 32.3. The van der Waals surface area contributed by atoms with E-state index < -0.39 is 5.60 Å². The van der Waals surface area contributed by atoms with E-state index in [1.807, 2.05) is 68.4 Å². The van der Waals surface area contributed by atoms with Crippen LogP contribution in [0.25, 0.3) is 54.1 Å². The number of ether oxygens (including phenoxy) is 1. The zero-order valence-electron chi connectivity index (χ0n) is 25.9. The molecular formula is C36H35ClN4O3S. The number of nitrogens with zero attached hydrogens (tertiary/aromatic N) is 3. The Labute approximate surface area is 271 Å². The summed E-state index contributed by atoms with van der Waals surface area (Å²) < 4.78 is 6.31. The summed E-state index contributed by atoms with van der Waals surface area (Å²) in [5.41, 5.74) is 13.7. The summed E-state index contributed by atoms with van der Waals surface area (Å²) in [5, 5.41) is 11.0. The number of aryl methyl sites for hydroxylation is 1.